The van der Waals surface area contributed by atoms with Gasteiger partial charge in [-0.25, -0.2) is 0 Å². The number of amides is 1. The van der Waals surface area contributed by atoms with Crippen molar-refractivity contribution in [3.05, 3.63) is 22.7 Å². The van der Waals surface area contributed by atoms with Crippen LogP contribution in [0.2, 0.25) is 0 Å². The van der Waals surface area contributed by atoms with Crippen LogP contribution in [0.1, 0.15) is 62.3 Å². The van der Waals surface area contributed by atoms with E-state index in [2.05, 4.69) is 32.7 Å². The van der Waals surface area contributed by atoms with Crippen molar-refractivity contribution >= 4 is 38.9 Å². The summed E-state index contributed by atoms with van der Waals surface area (Å²) in [6.45, 7) is 9.33. The van der Waals surface area contributed by atoms with Gasteiger partial charge in [0.1, 0.15) is 0 Å². The smallest absolute Gasteiger partial charge is 0.263 e. The number of aromatic nitrogens is 1. The molecular weight excluding hydrogens is 356 g/mol. The molecule has 2 aromatic heterocycles. The summed E-state index contributed by atoms with van der Waals surface area (Å²) in [6.07, 6.45) is 2.66. The normalized spacial score (nSPS) is 19.6. The molecule has 1 atom stereocenters. The number of hydrogen-bond donors (Lipinski definition) is 3. The van der Waals surface area contributed by atoms with Crippen molar-refractivity contribution in [1.82, 2.24) is 9.88 Å². The zero-order valence-corrected chi connectivity index (χ0v) is 17.7. The molecule has 146 valence electrons. The van der Waals surface area contributed by atoms with E-state index in [4.69, 9.17) is 10.8 Å². The van der Waals surface area contributed by atoms with Gasteiger partial charge in [0.15, 0.2) is 0 Å². The van der Waals surface area contributed by atoms with Crippen LogP contribution in [-0.2, 0) is 0 Å². The predicted octanol–water partition coefficient (Wildman–Crippen LogP) is 5.17. The number of carbonyl (C=O) groups is 1. The highest BCUT2D eigenvalue weighted by atomic mass is 32.1. The first-order chi connectivity index (χ1) is 12.6. The predicted molar refractivity (Wildman–Crippen MR) is 114 cm³/mol. The molecule has 1 aliphatic rings. The molecule has 3 N–H and O–H groups in total. The molecule has 1 fully saturated rings. The molecular formula is C21H30N4OS. The Morgan fingerprint density at radius 3 is 2.70 bits per heavy atom. The van der Waals surface area contributed by atoms with Gasteiger partial charge in [-0.1, -0.05) is 27.7 Å². The molecule has 6 heteroatoms. The number of rotatable bonds is 5. The number of hydrogen-bond acceptors (Lipinski definition) is 4. The molecule has 0 aromatic carbocycles. The van der Waals surface area contributed by atoms with E-state index in [9.17, 15) is 4.79 Å². The number of aromatic amines is 1. The van der Waals surface area contributed by atoms with Crippen LogP contribution in [0.3, 0.4) is 0 Å². The minimum atomic E-state index is -0.0935. The summed E-state index contributed by atoms with van der Waals surface area (Å²) in [5.74, 6) is 0.391. The summed E-state index contributed by atoms with van der Waals surface area (Å²) in [7, 11) is 1.84. The SMILES string of the molecule is CC(C)CN(C)C(=O)c1cc2[nH]c(C(=N)C3CCC(C)(C)CC3=N)cc2s1. The minimum Gasteiger partial charge on any atom is -0.353 e. The fourth-order valence-corrected chi connectivity index (χ4v) is 4.99. The Morgan fingerprint density at radius 1 is 1.41 bits per heavy atom. The topological polar surface area (TPSA) is 83.8 Å². The van der Waals surface area contributed by atoms with E-state index in [1.54, 1.807) is 4.90 Å². The van der Waals surface area contributed by atoms with Gasteiger partial charge in [0.05, 0.1) is 26.5 Å². The fourth-order valence-electron chi connectivity index (χ4n) is 3.93. The molecule has 1 unspecified atom stereocenters. The maximum absolute atomic E-state index is 12.6. The fraction of sp³-hybridized carbons (Fsp3) is 0.571. The lowest BCUT2D eigenvalue weighted by Gasteiger charge is -2.35. The van der Waals surface area contributed by atoms with Crippen molar-refractivity contribution in [3.63, 3.8) is 0 Å². The molecule has 0 radical (unpaired) electrons. The highest BCUT2D eigenvalue weighted by Gasteiger charge is 2.34. The van der Waals surface area contributed by atoms with Crippen molar-refractivity contribution in [2.45, 2.75) is 47.0 Å². The largest absolute Gasteiger partial charge is 0.353 e. The Morgan fingerprint density at radius 2 is 2.11 bits per heavy atom. The lowest BCUT2D eigenvalue weighted by molar-refractivity contribution is 0.0784. The van der Waals surface area contributed by atoms with Crippen LogP contribution in [0, 0.1) is 28.1 Å². The van der Waals surface area contributed by atoms with Crippen molar-refractivity contribution in [3.8, 4) is 0 Å². The third-order valence-corrected chi connectivity index (χ3v) is 6.41. The van der Waals surface area contributed by atoms with E-state index in [-0.39, 0.29) is 17.2 Å². The van der Waals surface area contributed by atoms with E-state index in [1.807, 2.05) is 19.2 Å². The number of nitrogens with one attached hydrogen (secondary N) is 3. The van der Waals surface area contributed by atoms with Gasteiger partial charge in [0.2, 0.25) is 0 Å². The van der Waals surface area contributed by atoms with Gasteiger partial charge in [-0.3, -0.25) is 4.79 Å². The molecule has 27 heavy (non-hydrogen) atoms. The molecule has 0 aliphatic heterocycles. The Labute approximate surface area is 165 Å². The summed E-state index contributed by atoms with van der Waals surface area (Å²) < 4.78 is 0.999. The Balaban J connectivity index is 1.76. The summed E-state index contributed by atoms with van der Waals surface area (Å²) in [5.41, 5.74) is 3.02. The first-order valence-corrected chi connectivity index (χ1v) is 10.4. The van der Waals surface area contributed by atoms with Gasteiger partial charge in [0, 0.05) is 25.2 Å². The maximum Gasteiger partial charge on any atom is 0.263 e. The second kappa shape index (κ2) is 7.23. The van der Waals surface area contributed by atoms with Crippen LogP contribution in [0.5, 0.6) is 0 Å². The van der Waals surface area contributed by atoms with Crippen molar-refractivity contribution in [2.24, 2.45) is 17.3 Å². The Kier molecular flexibility index (Phi) is 5.30. The molecule has 0 saturated heterocycles. The summed E-state index contributed by atoms with van der Waals surface area (Å²) in [4.78, 5) is 18.4. The van der Waals surface area contributed by atoms with Crippen molar-refractivity contribution in [2.75, 3.05) is 13.6 Å². The molecule has 1 aliphatic carbocycles. The molecule has 0 bridgehead atoms. The summed E-state index contributed by atoms with van der Waals surface area (Å²) >= 11 is 1.47. The third-order valence-electron chi connectivity index (χ3n) is 5.34. The number of H-pyrrole nitrogens is 1. The molecule has 1 saturated carbocycles. The molecule has 1 amide bonds. The van der Waals surface area contributed by atoms with E-state index in [0.29, 0.717) is 17.3 Å². The first kappa shape index (κ1) is 19.8. The van der Waals surface area contributed by atoms with E-state index >= 15 is 0 Å². The number of carbonyl (C=O) groups excluding carboxylic acids is 1. The second-order valence-electron chi connectivity index (χ2n) is 9.02. The van der Waals surface area contributed by atoms with Gasteiger partial charge < -0.3 is 20.7 Å². The molecule has 2 heterocycles. The summed E-state index contributed by atoms with van der Waals surface area (Å²) in [6, 6.07) is 3.86. The molecule has 3 rings (SSSR count). The third kappa shape index (κ3) is 4.15. The monoisotopic (exact) mass is 386 g/mol. The number of thiophene rings is 1. The van der Waals surface area contributed by atoms with E-state index in [1.165, 1.54) is 11.3 Å². The molecule has 5 nitrogen and oxygen atoms in total. The van der Waals surface area contributed by atoms with Crippen molar-refractivity contribution < 1.29 is 4.79 Å². The van der Waals surface area contributed by atoms with Gasteiger partial charge in [0.25, 0.3) is 5.91 Å². The minimum absolute atomic E-state index is 0.0474. The first-order valence-electron chi connectivity index (χ1n) is 9.61. The Hall–Kier alpha value is -1.95. The highest BCUT2D eigenvalue weighted by Crippen LogP contribution is 2.38. The zero-order chi connectivity index (χ0) is 19.9. The van der Waals surface area contributed by atoms with Gasteiger partial charge >= 0.3 is 0 Å². The zero-order valence-electron chi connectivity index (χ0n) is 16.9. The highest BCUT2D eigenvalue weighted by molar-refractivity contribution is 7.20. The van der Waals surface area contributed by atoms with Crippen LogP contribution in [0.15, 0.2) is 12.1 Å². The van der Waals surface area contributed by atoms with Gasteiger partial charge in [-0.05, 0) is 42.7 Å². The van der Waals surface area contributed by atoms with Gasteiger partial charge in [-0.2, -0.15) is 0 Å². The van der Waals surface area contributed by atoms with Crippen LogP contribution in [-0.4, -0.2) is 40.8 Å². The standard InChI is InChI=1S/C21H30N4OS/c1-12(2)11-25(5)20(26)18-8-15-17(27-18)9-16(24-15)19(23)13-6-7-21(3,4)10-14(13)22/h8-9,12-13,22-24H,6-7,10-11H2,1-5H3. The van der Waals surface area contributed by atoms with Gasteiger partial charge in [-0.15, -0.1) is 11.3 Å². The average Bonchev–Trinajstić information content (AvgIpc) is 3.10. The summed E-state index contributed by atoms with van der Waals surface area (Å²) in [5, 5.41) is 17.0. The van der Waals surface area contributed by atoms with Crippen LogP contribution >= 0.6 is 11.3 Å². The number of fused-ring (bicyclic) bond motifs is 1. The van der Waals surface area contributed by atoms with Crippen LogP contribution in [0.4, 0.5) is 0 Å². The lowest BCUT2D eigenvalue weighted by Crippen LogP contribution is -2.34. The average molecular weight is 387 g/mol. The molecule has 0 spiro atoms. The van der Waals surface area contributed by atoms with E-state index < -0.39 is 0 Å². The van der Waals surface area contributed by atoms with E-state index in [0.717, 1.165) is 46.6 Å². The number of nitrogens with zero attached hydrogens (tertiary/aromatic N) is 1. The molecule has 2 aromatic rings. The lowest BCUT2D eigenvalue weighted by atomic mass is 9.70. The Bertz CT molecular complexity index is 858. The maximum atomic E-state index is 12.6. The van der Waals surface area contributed by atoms with Crippen LogP contribution < -0.4 is 0 Å². The van der Waals surface area contributed by atoms with Crippen LogP contribution in [0.25, 0.3) is 10.2 Å². The van der Waals surface area contributed by atoms with Crippen molar-refractivity contribution in [1.29, 1.82) is 10.8 Å². The quantitative estimate of drug-likeness (QED) is 0.608. The second-order valence-corrected chi connectivity index (χ2v) is 10.1.